The van der Waals surface area contributed by atoms with Crippen LogP contribution >= 0.6 is 11.6 Å². The SMILES string of the molecule is COc1cc(NCc2cnc(Cl)nc2NCc2ccc([N+](=O)[O-])cc2)cc(OC)c1. The second-order valence-corrected chi connectivity index (χ2v) is 6.58. The fourth-order valence-corrected chi connectivity index (χ4v) is 2.83. The minimum Gasteiger partial charge on any atom is -0.497 e. The molecule has 0 aliphatic carbocycles. The summed E-state index contributed by atoms with van der Waals surface area (Å²) in [5.74, 6) is 1.90. The van der Waals surface area contributed by atoms with Crippen LogP contribution in [0.25, 0.3) is 0 Å². The highest BCUT2D eigenvalue weighted by molar-refractivity contribution is 6.28. The van der Waals surface area contributed by atoms with Gasteiger partial charge in [0.1, 0.15) is 17.3 Å². The molecule has 1 heterocycles. The first-order valence-corrected chi connectivity index (χ1v) is 9.32. The predicted octanol–water partition coefficient (Wildman–Crippen LogP) is 4.28. The topological polar surface area (TPSA) is 111 Å². The monoisotopic (exact) mass is 429 g/mol. The van der Waals surface area contributed by atoms with Gasteiger partial charge in [0.15, 0.2) is 0 Å². The molecule has 0 unspecified atom stereocenters. The molecule has 0 spiro atoms. The van der Waals surface area contributed by atoms with Crippen LogP contribution in [0.15, 0.2) is 48.7 Å². The normalized spacial score (nSPS) is 10.4. The summed E-state index contributed by atoms with van der Waals surface area (Å²) in [6.07, 6.45) is 1.64. The summed E-state index contributed by atoms with van der Waals surface area (Å²) in [6, 6.07) is 11.8. The number of nitro benzene ring substituents is 1. The summed E-state index contributed by atoms with van der Waals surface area (Å²) in [7, 11) is 3.18. The van der Waals surface area contributed by atoms with Crippen LogP contribution in [0, 0.1) is 10.1 Å². The standard InChI is InChI=1S/C20H20ClN5O4/c1-29-17-7-15(8-18(9-17)30-2)22-11-14-12-24-20(21)25-19(14)23-10-13-3-5-16(6-4-13)26(27)28/h3-9,12,22H,10-11H2,1-2H3,(H,23,24,25). The molecule has 9 nitrogen and oxygen atoms in total. The lowest BCUT2D eigenvalue weighted by Gasteiger charge is -2.14. The van der Waals surface area contributed by atoms with Gasteiger partial charge in [-0.05, 0) is 17.2 Å². The second kappa shape index (κ2) is 9.75. The summed E-state index contributed by atoms with van der Waals surface area (Å²) in [4.78, 5) is 18.7. The van der Waals surface area contributed by atoms with E-state index in [1.165, 1.54) is 12.1 Å². The van der Waals surface area contributed by atoms with E-state index in [9.17, 15) is 10.1 Å². The maximum absolute atomic E-state index is 10.8. The van der Waals surface area contributed by atoms with E-state index >= 15 is 0 Å². The van der Waals surface area contributed by atoms with Crippen LogP contribution in [0.2, 0.25) is 5.28 Å². The number of methoxy groups -OCH3 is 2. The molecule has 0 aliphatic rings. The Bertz CT molecular complexity index is 1010. The van der Waals surface area contributed by atoms with Gasteiger partial charge in [-0.2, -0.15) is 0 Å². The average molecular weight is 430 g/mol. The van der Waals surface area contributed by atoms with Crippen molar-refractivity contribution >= 4 is 28.8 Å². The maximum Gasteiger partial charge on any atom is 0.269 e. The molecule has 2 aromatic carbocycles. The summed E-state index contributed by atoms with van der Waals surface area (Å²) < 4.78 is 10.6. The molecule has 3 rings (SSSR count). The van der Waals surface area contributed by atoms with Crippen LogP contribution in [0.4, 0.5) is 17.2 Å². The number of halogens is 1. The van der Waals surface area contributed by atoms with E-state index in [-0.39, 0.29) is 11.0 Å². The smallest absolute Gasteiger partial charge is 0.269 e. The van der Waals surface area contributed by atoms with E-state index in [1.54, 1.807) is 38.6 Å². The van der Waals surface area contributed by atoms with Crippen molar-refractivity contribution in [2.45, 2.75) is 13.1 Å². The van der Waals surface area contributed by atoms with E-state index in [2.05, 4.69) is 20.6 Å². The highest BCUT2D eigenvalue weighted by atomic mass is 35.5. The summed E-state index contributed by atoms with van der Waals surface area (Å²) in [5.41, 5.74) is 2.51. The molecule has 2 N–H and O–H groups in total. The molecular formula is C20H20ClN5O4. The molecule has 0 aliphatic heterocycles. The van der Waals surface area contributed by atoms with Crippen molar-refractivity contribution in [3.63, 3.8) is 0 Å². The largest absolute Gasteiger partial charge is 0.497 e. The highest BCUT2D eigenvalue weighted by Gasteiger charge is 2.09. The number of hydrogen-bond acceptors (Lipinski definition) is 8. The number of benzene rings is 2. The van der Waals surface area contributed by atoms with Gasteiger partial charge < -0.3 is 20.1 Å². The first-order chi connectivity index (χ1) is 14.5. The molecule has 0 fully saturated rings. The van der Waals surface area contributed by atoms with Gasteiger partial charge in [0.2, 0.25) is 5.28 Å². The van der Waals surface area contributed by atoms with Crippen molar-refractivity contribution in [2.24, 2.45) is 0 Å². The molecule has 0 bridgehead atoms. The number of rotatable bonds is 9. The van der Waals surface area contributed by atoms with Crippen LogP contribution in [0.1, 0.15) is 11.1 Å². The zero-order chi connectivity index (χ0) is 21.5. The highest BCUT2D eigenvalue weighted by Crippen LogP contribution is 2.26. The Morgan fingerprint density at radius 1 is 1.03 bits per heavy atom. The third kappa shape index (κ3) is 5.48. The number of ether oxygens (including phenoxy) is 2. The van der Waals surface area contributed by atoms with Gasteiger partial charge in [-0.15, -0.1) is 0 Å². The van der Waals surface area contributed by atoms with Gasteiger partial charge in [-0.25, -0.2) is 9.97 Å². The average Bonchev–Trinajstić information content (AvgIpc) is 2.76. The van der Waals surface area contributed by atoms with E-state index < -0.39 is 4.92 Å². The number of anilines is 2. The first-order valence-electron chi connectivity index (χ1n) is 8.94. The zero-order valence-corrected chi connectivity index (χ0v) is 17.1. The lowest BCUT2D eigenvalue weighted by molar-refractivity contribution is -0.384. The Kier molecular flexibility index (Phi) is 6.87. The molecule has 0 radical (unpaired) electrons. The van der Waals surface area contributed by atoms with Gasteiger partial charge in [0.05, 0.1) is 19.1 Å². The minimum atomic E-state index is -0.432. The molecule has 0 atom stereocenters. The fourth-order valence-electron chi connectivity index (χ4n) is 2.70. The lowest BCUT2D eigenvalue weighted by Crippen LogP contribution is -2.09. The summed E-state index contributed by atoms with van der Waals surface area (Å²) in [6.45, 7) is 0.849. The molecule has 30 heavy (non-hydrogen) atoms. The van der Waals surface area contributed by atoms with E-state index in [4.69, 9.17) is 21.1 Å². The van der Waals surface area contributed by atoms with E-state index in [0.29, 0.717) is 30.4 Å². The van der Waals surface area contributed by atoms with Crippen LogP contribution in [-0.4, -0.2) is 29.1 Å². The Balaban J connectivity index is 1.71. The number of non-ortho nitro benzene ring substituents is 1. The zero-order valence-electron chi connectivity index (χ0n) is 16.4. The molecule has 1 aromatic heterocycles. The van der Waals surface area contributed by atoms with Crippen molar-refractivity contribution in [2.75, 3.05) is 24.9 Å². The van der Waals surface area contributed by atoms with Gasteiger partial charge in [-0.1, -0.05) is 12.1 Å². The minimum absolute atomic E-state index is 0.0439. The fraction of sp³-hybridized carbons (Fsp3) is 0.200. The van der Waals surface area contributed by atoms with Crippen LogP contribution in [0.5, 0.6) is 11.5 Å². The first kappa shape index (κ1) is 21.1. The molecular weight excluding hydrogens is 410 g/mol. The van der Waals surface area contributed by atoms with Crippen molar-refractivity contribution in [1.82, 2.24) is 9.97 Å². The van der Waals surface area contributed by atoms with Crippen LogP contribution in [0.3, 0.4) is 0 Å². The summed E-state index contributed by atoms with van der Waals surface area (Å²) >= 11 is 5.96. The number of nitro groups is 1. The molecule has 0 saturated carbocycles. The summed E-state index contributed by atoms with van der Waals surface area (Å²) in [5, 5.41) is 17.4. The second-order valence-electron chi connectivity index (χ2n) is 6.24. The van der Waals surface area contributed by atoms with Gasteiger partial charge in [-0.3, -0.25) is 10.1 Å². The lowest BCUT2D eigenvalue weighted by atomic mass is 10.2. The number of nitrogens with one attached hydrogen (secondary N) is 2. The maximum atomic E-state index is 10.8. The Morgan fingerprint density at radius 2 is 1.70 bits per heavy atom. The number of aromatic nitrogens is 2. The molecule has 3 aromatic rings. The van der Waals surface area contributed by atoms with Crippen LogP contribution in [-0.2, 0) is 13.1 Å². The third-order valence-electron chi connectivity index (χ3n) is 4.28. The van der Waals surface area contributed by atoms with Crippen molar-refractivity contribution < 1.29 is 14.4 Å². The molecule has 0 saturated heterocycles. The van der Waals surface area contributed by atoms with E-state index in [1.807, 2.05) is 12.1 Å². The Morgan fingerprint density at radius 3 is 2.30 bits per heavy atom. The van der Waals surface area contributed by atoms with Gasteiger partial charge in [0, 0.05) is 60.9 Å². The Hall–Kier alpha value is -3.59. The van der Waals surface area contributed by atoms with Crippen molar-refractivity contribution in [3.05, 3.63) is 75.2 Å². The molecule has 0 amide bonds. The van der Waals surface area contributed by atoms with Gasteiger partial charge in [0.25, 0.3) is 5.69 Å². The van der Waals surface area contributed by atoms with Crippen molar-refractivity contribution in [3.8, 4) is 11.5 Å². The Labute approximate surface area is 178 Å². The predicted molar refractivity (Wildman–Crippen MR) is 114 cm³/mol. The van der Waals surface area contributed by atoms with Crippen LogP contribution < -0.4 is 20.1 Å². The quantitative estimate of drug-likeness (QED) is 0.294. The van der Waals surface area contributed by atoms with Crippen molar-refractivity contribution in [1.29, 1.82) is 0 Å². The molecule has 10 heteroatoms. The van der Waals surface area contributed by atoms with E-state index in [0.717, 1.165) is 16.8 Å². The number of nitrogens with zero attached hydrogens (tertiary/aromatic N) is 3. The number of hydrogen-bond donors (Lipinski definition) is 2. The molecule has 156 valence electrons. The third-order valence-corrected chi connectivity index (χ3v) is 4.46. The van der Waals surface area contributed by atoms with Gasteiger partial charge >= 0.3 is 0 Å².